The summed E-state index contributed by atoms with van der Waals surface area (Å²) < 4.78 is 7.67. The van der Waals surface area contributed by atoms with E-state index < -0.39 is 0 Å². The van der Waals surface area contributed by atoms with Crippen LogP contribution in [-0.4, -0.2) is 21.2 Å². The first-order chi connectivity index (χ1) is 10.2. The fourth-order valence-electron chi connectivity index (χ4n) is 2.75. The number of hydrogen-bond acceptors (Lipinski definition) is 4. The van der Waals surface area contributed by atoms with Crippen molar-refractivity contribution in [2.45, 2.75) is 32.8 Å². The Morgan fingerprint density at radius 3 is 2.71 bits per heavy atom. The van der Waals surface area contributed by atoms with Crippen molar-refractivity contribution >= 4 is 16.3 Å². The third-order valence-electron chi connectivity index (χ3n) is 3.97. The number of fused-ring (bicyclic) bond motifs is 1. The van der Waals surface area contributed by atoms with Gasteiger partial charge in [0.2, 0.25) is 4.96 Å². The Hall–Kier alpha value is -1.72. The standard InChI is InChI=1S/C16H17N3OS/c1-10-5-7-12(8-6-10)14-11(2)19-16(17-14)21-15(18-19)13-4-3-9-20-13/h5-8,13H,3-4,9H2,1-2H3. The van der Waals surface area contributed by atoms with Gasteiger partial charge in [-0.3, -0.25) is 0 Å². The Morgan fingerprint density at radius 2 is 2.05 bits per heavy atom. The number of rotatable bonds is 2. The second-order valence-electron chi connectivity index (χ2n) is 5.55. The molecule has 4 nitrogen and oxygen atoms in total. The highest BCUT2D eigenvalue weighted by atomic mass is 32.1. The minimum Gasteiger partial charge on any atom is -0.371 e. The Kier molecular flexibility index (Phi) is 3.05. The molecule has 1 saturated heterocycles. The molecule has 108 valence electrons. The van der Waals surface area contributed by atoms with Crippen LogP contribution < -0.4 is 0 Å². The lowest BCUT2D eigenvalue weighted by Gasteiger charge is -2.03. The Morgan fingerprint density at radius 1 is 1.24 bits per heavy atom. The van der Waals surface area contributed by atoms with Gasteiger partial charge in [0.15, 0.2) is 0 Å². The van der Waals surface area contributed by atoms with E-state index in [1.807, 2.05) is 4.52 Å². The maximum absolute atomic E-state index is 5.71. The van der Waals surface area contributed by atoms with Gasteiger partial charge in [0, 0.05) is 12.2 Å². The minimum absolute atomic E-state index is 0.166. The van der Waals surface area contributed by atoms with E-state index in [4.69, 9.17) is 14.8 Å². The van der Waals surface area contributed by atoms with E-state index in [9.17, 15) is 0 Å². The summed E-state index contributed by atoms with van der Waals surface area (Å²) in [5, 5.41) is 5.76. The van der Waals surface area contributed by atoms with Gasteiger partial charge < -0.3 is 4.74 Å². The molecule has 1 atom stereocenters. The SMILES string of the molecule is Cc1ccc(-c2nc3sc(C4CCCO4)nn3c2C)cc1. The quantitative estimate of drug-likeness (QED) is 0.720. The summed E-state index contributed by atoms with van der Waals surface area (Å²) in [5.74, 6) is 0. The van der Waals surface area contributed by atoms with Crippen molar-refractivity contribution in [1.82, 2.24) is 14.6 Å². The predicted octanol–water partition coefficient (Wildman–Crippen LogP) is 3.93. The number of aryl methyl sites for hydroxylation is 2. The van der Waals surface area contributed by atoms with E-state index in [1.165, 1.54) is 5.56 Å². The molecule has 4 rings (SSSR count). The molecule has 0 bridgehead atoms. The molecular weight excluding hydrogens is 282 g/mol. The van der Waals surface area contributed by atoms with Crippen LogP contribution in [0.15, 0.2) is 24.3 Å². The molecule has 2 aromatic heterocycles. The van der Waals surface area contributed by atoms with Crippen LogP contribution in [0.5, 0.6) is 0 Å². The molecular formula is C16H17N3OS. The summed E-state index contributed by atoms with van der Waals surface area (Å²) in [5.41, 5.74) is 4.52. The molecule has 0 N–H and O–H groups in total. The van der Waals surface area contributed by atoms with Crippen LogP contribution in [0.2, 0.25) is 0 Å². The first-order valence-electron chi connectivity index (χ1n) is 7.27. The number of benzene rings is 1. The van der Waals surface area contributed by atoms with Gasteiger partial charge >= 0.3 is 0 Å². The summed E-state index contributed by atoms with van der Waals surface area (Å²) in [6.07, 6.45) is 2.36. The molecule has 0 spiro atoms. The monoisotopic (exact) mass is 299 g/mol. The zero-order valence-corrected chi connectivity index (χ0v) is 13.0. The van der Waals surface area contributed by atoms with Gasteiger partial charge in [0.1, 0.15) is 11.1 Å². The van der Waals surface area contributed by atoms with E-state index in [2.05, 4.69) is 38.1 Å². The number of ether oxygens (including phenoxy) is 1. The Balaban J connectivity index is 1.76. The molecule has 0 radical (unpaired) electrons. The van der Waals surface area contributed by atoms with Crippen LogP contribution >= 0.6 is 11.3 Å². The zero-order valence-electron chi connectivity index (χ0n) is 12.2. The largest absolute Gasteiger partial charge is 0.371 e. The third-order valence-corrected chi connectivity index (χ3v) is 4.97. The fourth-order valence-corrected chi connectivity index (χ4v) is 3.78. The van der Waals surface area contributed by atoms with Gasteiger partial charge in [-0.1, -0.05) is 41.2 Å². The number of nitrogens with zero attached hydrogens (tertiary/aromatic N) is 3. The van der Waals surface area contributed by atoms with E-state index in [0.29, 0.717) is 0 Å². The molecule has 5 heteroatoms. The lowest BCUT2D eigenvalue weighted by molar-refractivity contribution is 0.111. The van der Waals surface area contributed by atoms with Crippen LogP contribution in [0.4, 0.5) is 0 Å². The lowest BCUT2D eigenvalue weighted by Crippen LogP contribution is -1.97. The molecule has 1 fully saturated rings. The number of imidazole rings is 1. The first-order valence-corrected chi connectivity index (χ1v) is 8.09. The highest BCUT2D eigenvalue weighted by Gasteiger charge is 2.23. The molecule has 1 unspecified atom stereocenters. The van der Waals surface area contributed by atoms with Crippen LogP contribution in [0.1, 0.15) is 35.2 Å². The van der Waals surface area contributed by atoms with Crippen molar-refractivity contribution in [1.29, 1.82) is 0 Å². The number of aromatic nitrogens is 3. The normalized spacial score (nSPS) is 18.7. The van der Waals surface area contributed by atoms with Gasteiger partial charge in [-0.15, -0.1) is 0 Å². The molecule has 1 aromatic carbocycles. The molecule has 1 aliphatic rings. The molecule has 0 aliphatic carbocycles. The summed E-state index contributed by atoms with van der Waals surface area (Å²) in [6, 6.07) is 8.48. The topological polar surface area (TPSA) is 39.4 Å². The van der Waals surface area contributed by atoms with Crippen molar-refractivity contribution in [2.75, 3.05) is 6.61 Å². The fraction of sp³-hybridized carbons (Fsp3) is 0.375. The van der Waals surface area contributed by atoms with Crippen molar-refractivity contribution in [3.63, 3.8) is 0 Å². The maximum Gasteiger partial charge on any atom is 0.213 e. The summed E-state index contributed by atoms with van der Waals surface area (Å²) in [7, 11) is 0. The maximum atomic E-state index is 5.71. The Bertz CT molecular complexity index is 782. The van der Waals surface area contributed by atoms with Crippen molar-refractivity contribution in [3.8, 4) is 11.3 Å². The van der Waals surface area contributed by atoms with Gasteiger partial charge in [0.25, 0.3) is 0 Å². The molecule has 1 aliphatic heterocycles. The second-order valence-corrected chi connectivity index (χ2v) is 6.54. The molecule has 3 aromatic rings. The van der Waals surface area contributed by atoms with Crippen LogP contribution in [0, 0.1) is 13.8 Å². The van der Waals surface area contributed by atoms with E-state index in [0.717, 1.165) is 46.4 Å². The molecule has 3 heterocycles. The van der Waals surface area contributed by atoms with Gasteiger partial charge in [-0.25, -0.2) is 9.50 Å². The second kappa shape index (κ2) is 4.93. The van der Waals surface area contributed by atoms with E-state index in [1.54, 1.807) is 11.3 Å². The average Bonchev–Trinajstić information content (AvgIpc) is 3.18. The highest BCUT2D eigenvalue weighted by molar-refractivity contribution is 7.16. The minimum atomic E-state index is 0.166. The van der Waals surface area contributed by atoms with Crippen LogP contribution in [-0.2, 0) is 4.74 Å². The summed E-state index contributed by atoms with van der Waals surface area (Å²) >= 11 is 1.64. The highest BCUT2D eigenvalue weighted by Crippen LogP contribution is 2.33. The van der Waals surface area contributed by atoms with Gasteiger partial charge in [-0.05, 0) is 26.7 Å². The van der Waals surface area contributed by atoms with Gasteiger partial charge in [-0.2, -0.15) is 5.10 Å². The number of hydrogen-bond donors (Lipinski definition) is 0. The van der Waals surface area contributed by atoms with Crippen molar-refractivity contribution < 1.29 is 4.74 Å². The Labute approximate surface area is 127 Å². The first kappa shape index (κ1) is 13.0. The zero-order chi connectivity index (χ0) is 14.4. The van der Waals surface area contributed by atoms with Crippen LogP contribution in [0.25, 0.3) is 16.2 Å². The lowest BCUT2D eigenvalue weighted by atomic mass is 10.1. The van der Waals surface area contributed by atoms with E-state index in [-0.39, 0.29) is 6.10 Å². The smallest absolute Gasteiger partial charge is 0.213 e. The van der Waals surface area contributed by atoms with Crippen molar-refractivity contribution in [2.24, 2.45) is 0 Å². The van der Waals surface area contributed by atoms with E-state index >= 15 is 0 Å². The molecule has 0 amide bonds. The summed E-state index contributed by atoms with van der Waals surface area (Å²) in [6.45, 7) is 5.02. The van der Waals surface area contributed by atoms with Crippen molar-refractivity contribution in [3.05, 3.63) is 40.5 Å². The average molecular weight is 299 g/mol. The molecule has 21 heavy (non-hydrogen) atoms. The van der Waals surface area contributed by atoms with Crippen LogP contribution in [0.3, 0.4) is 0 Å². The predicted molar refractivity (Wildman–Crippen MR) is 83.7 cm³/mol. The molecule has 0 saturated carbocycles. The summed E-state index contributed by atoms with van der Waals surface area (Å²) in [4.78, 5) is 5.72. The third kappa shape index (κ3) is 2.17. The van der Waals surface area contributed by atoms with Gasteiger partial charge in [0.05, 0.1) is 11.4 Å².